The minimum atomic E-state index is -0.836. The fourth-order valence-corrected chi connectivity index (χ4v) is 4.27. The third kappa shape index (κ3) is 4.60. The maximum Gasteiger partial charge on any atom is 0.325 e. The van der Waals surface area contributed by atoms with E-state index < -0.39 is 23.5 Å². The van der Waals surface area contributed by atoms with Crippen LogP contribution in [0.1, 0.15) is 61.3 Å². The SMILES string of the molecule is CC(c1ccc2ccccc2c1)N1C(=O)c2ccccc2C1C(=O)NCC(=O)OC(C)(C)C. The molecule has 6 heteroatoms. The molecule has 6 nitrogen and oxygen atoms in total. The molecule has 2 amide bonds. The number of hydrogen-bond acceptors (Lipinski definition) is 4. The normalized spacial score (nSPS) is 16.4. The van der Waals surface area contributed by atoms with Crippen molar-refractivity contribution in [2.24, 2.45) is 0 Å². The van der Waals surface area contributed by atoms with Gasteiger partial charge in [0, 0.05) is 5.56 Å². The summed E-state index contributed by atoms with van der Waals surface area (Å²) >= 11 is 0. The molecule has 1 aliphatic heterocycles. The lowest BCUT2D eigenvalue weighted by atomic mass is 10.00. The lowest BCUT2D eigenvalue weighted by Gasteiger charge is -2.31. The number of nitrogens with zero attached hydrogens (tertiary/aromatic N) is 1. The predicted molar refractivity (Wildman–Crippen MR) is 127 cm³/mol. The first kappa shape index (κ1) is 22.5. The summed E-state index contributed by atoms with van der Waals surface area (Å²) in [5.74, 6) is -1.14. The van der Waals surface area contributed by atoms with E-state index in [2.05, 4.69) is 5.32 Å². The fourth-order valence-electron chi connectivity index (χ4n) is 4.27. The van der Waals surface area contributed by atoms with E-state index in [4.69, 9.17) is 4.74 Å². The van der Waals surface area contributed by atoms with Crippen LogP contribution < -0.4 is 5.32 Å². The van der Waals surface area contributed by atoms with Gasteiger partial charge in [-0.25, -0.2) is 0 Å². The van der Waals surface area contributed by atoms with Crippen molar-refractivity contribution >= 4 is 28.6 Å². The van der Waals surface area contributed by atoms with Gasteiger partial charge in [-0.05, 0) is 61.7 Å². The molecule has 3 aromatic carbocycles. The van der Waals surface area contributed by atoms with Gasteiger partial charge in [0.2, 0.25) is 5.91 Å². The smallest absolute Gasteiger partial charge is 0.325 e. The van der Waals surface area contributed by atoms with Crippen molar-refractivity contribution in [3.05, 3.63) is 83.4 Å². The van der Waals surface area contributed by atoms with Crippen molar-refractivity contribution < 1.29 is 19.1 Å². The van der Waals surface area contributed by atoms with Crippen LogP contribution in [0.4, 0.5) is 0 Å². The minimum absolute atomic E-state index is 0.205. The van der Waals surface area contributed by atoms with Gasteiger partial charge in [-0.15, -0.1) is 0 Å². The molecule has 0 bridgehead atoms. The van der Waals surface area contributed by atoms with Crippen LogP contribution in [0, 0.1) is 0 Å². The molecule has 0 aliphatic carbocycles. The first-order valence-corrected chi connectivity index (χ1v) is 11.1. The second-order valence-corrected chi connectivity index (χ2v) is 9.29. The minimum Gasteiger partial charge on any atom is -0.459 e. The number of hydrogen-bond donors (Lipinski definition) is 1. The molecular formula is C27H28N2O4. The van der Waals surface area contributed by atoms with Crippen LogP contribution in [0.15, 0.2) is 66.7 Å². The van der Waals surface area contributed by atoms with E-state index in [1.54, 1.807) is 43.9 Å². The van der Waals surface area contributed by atoms with Gasteiger partial charge in [0.15, 0.2) is 0 Å². The van der Waals surface area contributed by atoms with E-state index in [9.17, 15) is 14.4 Å². The molecule has 0 spiro atoms. The molecule has 1 N–H and O–H groups in total. The third-order valence-electron chi connectivity index (χ3n) is 5.75. The molecule has 2 atom stereocenters. The van der Waals surface area contributed by atoms with Crippen molar-refractivity contribution in [1.29, 1.82) is 0 Å². The Labute approximate surface area is 193 Å². The Morgan fingerprint density at radius 2 is 1.67 bits per heavy atom. The maximum absolute atomic E-state index is 13.4. The van der Waals surface area contributed by atoms with Crippen molar-refractivity contribution in [2.75, 3.05) is 6.54 Å². The lowest BCUT2D eigenvalue weighted by molar-refractivity contribution is -0.154. The van der Waals surface area contributed by atoms with Crippen LogP contribution in [0.3, 0.4) is 0 Å². The number of ether oxygens (including phenoxy) is 1. The summed E-state index contributed by atoms with van der Waals surface area (Å²) in [6, 6.07) is 20.0. The standard InChI is InChI=1S/C27H28N2O4/c1-17(19-14-13-18-9-5-6-10-20(18)15-19)29-24(21-11-7-8-12-22(21)26(29)32)25(31)28-16-23(30)33-27(2,3)4/h5-15,17,24H,16H2,1-4H3,(H,28,31). The van der Waals surface area contributed by atoms with E-state index in [1.165, 1.54) is 0 Å². The molecule has 0 fully saturated rings. The van der Waals surface area contributed by atoms with Crippen LogP contribution in [-0.4, -0.2) is 34.8 Å². The van der Waals surface area contributed by atoms with Gasteiger partial charge in [0.1, 0.15) is 18.2 Å². The number of benzene rings is 3. The first-order valence-electron chi connectivity index (χ1n) is 11.1. The number of rotatable bonds is 5. The molecule has 4 rings (SSSR count). The fraction of sp³-hybridized carbons (Fsp3) is 0.296. The molecule has 0 saturated heterocycles. The predicted octanol–water partition coefficient (Wildman–Crippen LogP) is 4.56. The van der Waals surface area contributed by atoms with Crippen molar-refractivity contribution in [1.82, 2.24) is 10.2 Å². The second kappa shape index (κ2) is 8.70. The Morgan fingerprint density at radius 3 is 2.39 bits per heavy atom. The van der Waals surface area contributed by atoms with Crippen LogP contribution in [0.5, 0.6) is 0 Å². The molecular weight excluding hydrogens is 416 g/mol. The Kier molecular flexibility index (Phi) is 5.93. The molecule has 170 valence electrons. The highest BCUT2D eigenvalue weighted by molar-refractivity contribution is 6.05. The average Bonchev–Trinajstić information content (AvgIpc) is 3.08. The molecule has 3 aromatic rings. The Bertz CT molecular complexity index is 1230. The Balaban J connectivity index is 1.63. The Morgan fingerprint density at radius 1 is 1.00 bits per heavy atom. The highest BCUT2D eigenvalue weighted by atomic mass is 16.6. The molecule has 0 aromatic heterocycles. The van der Waals surface area contributed by atoms with Crippen LogP contribution in [0.25, 0.3) is 10.8 Å². The Hall–Kier alpha value is -3.67. The zero-order valence-corrected chi connectivity index (χ0v) is 19.3. The zero-order valence-electron chi connectivity index (χ0n) is 19.3. The van der Waals surface area contributed by atoms with E-state index in [0.29, 0.717) is 11.1 Å². The quantitative estimate of drug-likeness (QED) is 0.586. The van der Waals surface area contributed by atoms with Gasteiger partial charge in [0.05, 0.1) is 6.04 Å². The van der Waals surface area contributed by atoms with Gasteiger partial charge < -0.3 is 15.0 Å². The maximum atomic E-state index is 13.4. The summed E-state index contributed by atoms with van der Waals surface area (Å²) in [5.41, 5.74) is 1.42. The van der Waals surface area contributed by atoms with Crippen LogP contribution in [0.2, 0.25) is 0 Å². The molecule has 0 saturated carbocycles. The highest BCUT2D eigenvalue weighted by Crippen LogP contribution is 2.40. The number of fused-ring (bicyclic) bond motifs is 2. The summed E-state index contributed by atoms with van der Waals surface area (Å²) in [6.07, 6.45) is 0. The summed E-state index contributed by atoms with van der Waals surface area (Å²) in [7, 11) is 0. The van der Waals surface area contributed by atoms with Crippen LogP contribution in [-0.2, 0) is 14.3 Å². The topological polar surface area (TPSA) is 75.7 Å². The monoisotopic (exact) mass is 444 g/mol. The number of amides is 2. The van der Waals surface area contributed by atoms with Crippen molar-refractivity contribution in [3.63, 3.8) is 0 Å². The van der Waals surface area contributed by atoms with E-state index in [1.807, 2.05) is 55.5 Å². The second-order valence-electron chi connectivity index (χ2n) is 9.29. The summed E-state index contributed by atoms with van der Waals surface area (Å²) in [5, 5.41) is 4.84. The third-order valence-corrected chi connectivity index (χ3v) is 5.75. The first-order chi connectivity index (χ1) is 15.7. The molecule has 0 radical (unpaired) electrons. The van der Waals surface area contributed by atoms with E-state index in [-0.39, 0.29) is 18.5 Å². The lowest BCUT2D eigenvalue weighted by Crippen LogP contribution is -2.43. The van der Waals surface area contributed by atoms with Gasteiger partial charge in [-0.2, -0.15) is 0 Å². The summed E-state index contributed by atoms with van der Waals surface area (Å²) in [6.45, 7) is 6.96. The van der Waals surface area contributed by atoms with Crippen LogP contribution >= 0.6 is 0 Å². The van der Waals surface area contributed by atoms with Gasteiger partial charge in [0.25, 0.3) is 5.91 Å². The summed E-state index contributed by atoms with van der Waals surface area (Å²) in [4.78, 5) is 40.4. The van der Waals surface area contributed by atoms with Crippen molar-refractivity contribution in [2.45, 2.75) is 45.4 Å². The van der Waals surface area contributed by atoms with Gasteiger partial charge >= 0.3 is 5.97 Å². The molecule has 1 heterocycles. The number of carbonyl (C=O) groups excluding carboxylic acids is 3. The number of nitrogens with one attached hydrogen (secondary N) is 1. The largest absolute Gasteiger partial charge is 0.459 e. The van der Waals surface area contributed by atoms with E-state index >= 15 is 0 Å². The average molecular weight is 445 g/mol. The molecule has 1 aliphatic rings. The van der Waals surface area contributed by atoms with Gasteiger partial charge in [-0.3, -0.25) is 14.4 Å². The molecule has 2 unspecified atom stereocenters. The van der Waals surface area contributed by atoms with E-state index in [0.717, 1.165) is 16.3 Å². The van der Waals surface area contributed by atoms with Gasteiger partial charge in [-0.1, -0.05) is 54.6 Å². The number of esters is 1. The molecule has 33 heavy (non-hydrogen) atoms. The zero-order chi connectivity index (χ0) is 23.8. The number of carbonyl (C=O) groups is 3. The van der Waals surface area contributed by atoms with Crippen molar-refractivity contribution in [3.8, 4) is 0 Å². The highest BCUT2D eigenvalue weighted by Gasteiger charge is 2.43. The summed E-state index contributed by atoms with van der Waals surface area (Å²) < 4.78 is 5.29.